The quantitative estimate of drug-likeness (QED) is 0.569. The van der Waals surface area contributed by atoms with E-state index < -0.39 is 18.0 Å². The minimum Gasteiger partial charge on any atom is -0.473 e. The maximum Gasteiger partial charge on any atom is 0.414 e. The van der Waals surface area contributed by atoms with Gasteiger partial charge in [-0.3, -0.25) is 9.69 Å². The van der Waals surface area contributed by atoms with Crippen LogP contribution < -0.4 is 9.80 Å². The summed E-state index contributed by atoms with van der Waals surface area (Å²) in [6.45, 7) is 5.01. The van der Waals surface area contributed by atoms with Crippen LogP contribution in [0, 0.1) is 0 Å². The molecule has 1 fully saturated rings. The molecular weight excluding hydrogens is 438 g/mol. The van der Waals surface area contributed by atoms with Gasteiger partial charge in [0, 0.05) is 57.6 Å². The van der Waals surface area contributed by atoms with E-state index in [4.69, 9.17) is 19.8 Å². The highest BCUT2D eigenvalue weighted by atomic mass is 16.4. The number of anilines is 2. The zero-order valence-electron chi connectivity index (χ0n) is 19.3. The number of benzene rings is 2. The molecule has 0 saturated carbocycles. The lowest BCUT2D eigenvalue weighted by Crippen LogP contribution is -2.46. The Labute approximate surface area is 198 Å². The predicted octanol–water partition coefficient (Wildman–Crippen LogP) is 2.00. The Morgan fingerprint density at radius 2 is 1.59 bits per heavy atom. The van der Waals surface area contributed by atoms with Gasteiger partial charge in [0.15, 0.2) is 0 Å². The number of nitrogens with zero attached hydrogens (tertiary/aromatic N) is 3. The Morgan fingerprint density at radius 3 is 2.21 bits per heavy atom. The van der Waals surface area contributed by atoms with E-state index >= 15 is 0 Å². The summed E-state index contributed by atoms with van der Waals surface area (Å²) in [5.41, 5.74) is 4.39. The maximum absolute atomic E-state index is 11.8. The lowest BCUT2D eigenvalue weighted by molar-refractivity contribution is -0.159. The van der Waals surface area contributed by atoms with Crippen LogP contribution in [0.3, 0.4) is 0 Å². The second-order valence-electron chi connectivity index (χ2n) is 8.42. The van der Waals surface area contributed by atoms with E-state index in [1.54, 1.807) is 4.90 Å². The molecule has 1 unspecified atom stereocenters. The average Bonchev–Trinajstić information content (AvgIpc) is 2.86. The Morgan fingerprint density at radius 1 is 0.941 bits per heavy atom. The lowest BCUT2D eigenvalue weighted by Gasteiger charge is -2.36. The summed E-state index contributed by atoms with van der Waals surface area (Å²) in [5, 5.41) is 25.5. The van der Waals surface area contributed by atoms with Gasteiger partial charge in [-0.15, -0.1) is 0 Å². The second kappa shape index (κ2) is 11.6. The van der Waals surface area contributed by atoms with Gasteiger partial charge in [0.2, 0.25) is 5.91 Å². The van der Waals surface area contributed by atoms with Gasteiger partial charge in [0.25, 0.3) is 0 Å². The van der Waals surface area contributed by atoms with E-state index in [1.807, 2.05) is 19.2 Å². The van der Waals surface area contributed by atoms with Crippen LogP contribution in [0.4, 0.5) is 11.4 Å². The number of carbonyl (C=O) groups excluding carboxylic acids is 1. The number of aliphatic carboxylic acids is 2. The van der Waals surface area contributed by atoms with Crippen LogP contribution >= 0.6 is 0 Å². The number of rotatable bonds is 5. The molecular formula is C25H31N3O6. The average molecular weight is 470 g/mol. The molecule has 3 N–H and O–H groups in total. The first-order valence-electron chi connectivity index (χ1n) is 11.3. The van der Waals surface area contributed by atoms with E-state index in [1.165, 1.54) is 5.69 Å². The molecule has 2 aromatic carbocycles. The zero-order valence-corrected chi connectivity index (χ0v) is 19.3. The summed E-state index contributed by atoms with van der Waals surface area (Å²) >= 11 is 0. The summed E-state index contributed by atoms with van der Waals surface area (Å²) in [4.78, 5) is 36.6. The molecule has 2 heterocycles. The van der Waals surface area contributed by atoms with Crippen LogP contribution in [0.5, 0.6) is 0 Å². The third kappa shape index (κ3) is 6.55. The minimum absolute atomic E-state index is 0.162. The first-order chi connectivity index (χ1) is 16.3. The Bertz CT molecular complexity index is 993. The van der Waals surface area contributed by atoms with Crippen molar-refractivity contribution in [3.05, 3.63) is 59.7 Å². The van der Waals surface area contributed by atoms with Gasteiger partial charge in [-0.2, -0.15) is 0 Å². The smallest absolute Gasteiger partial charge is 0.414 e. The van der Waals surface area contributed by atoms with E-state index in [9.17, 15) is 9.90 Å². The number of fused-ring (bicyclic) bond motifs is 1. The van der Waals surface area contributed by atoms with Crippen LogP contribution in [-0.2, 0) is 20.8 Å². The normalized spacial score (nSPS) is 16.8. The topological polar surface area (TPSA) is 122 Å². The molecule has 1 amide bonds. The molecule has 1 atom stereocenters. The molecule has 0 spiro atoms. The summed E-state index contributed by atoms with van der Waals surface area (Å²) in [6, 6.07) is 16.6. The van der Waals surface area contributed by atoms with Crippen molar-refractivity contribution >= 4 is 29.2 Å². The van der Waals surface area contributed by atoms with Gasteiger partial charge in [0.1, 0.15) is 0 Å². The van der Waals surface area contributed by atoms with Crippen molar-refractivity contribution in [3.8, 4) is 0 Å². The van der Waals surface area contributed by atoms with Crippen molar-refractivity contribution in [3.63, 3.8) is 0 Å². The van der Waals surface area contributed by atoms with E-state index in [0.29, 0.717) is 6.42 Å². The van der Waals surface area contributed by atoms with Crippen molar-refractivity contribution in [2.45, 2.75) is 25.4 Å². The van der Waals surface area contributed by atoms with E-state index in [0.717, 1.165) is 62.4 Å². The third-order valence-corrected chi connectivity index (χ3v) is 6.23. The SMILES string of the molecule is CN1C(=O)CCc2cc(C(O)CCN3CCN(c4ccccc4)CC3)ccc21.O=C(O)C(=O)O. The predicted molar refractivity (Wildman–Crippen MR) is 128 cm³/mol. The fourth-order valence-electron chi connectivity index (χ4n) is 4.22. The molecule has 0 radical (unpaired) electrons. The van der Waals surface area contributed by atoms with Gasteiger partial charge < -0.3 is 25.1 Å². The number of aliphatic hydroxyl groups is 1. The highest BCUT2D eigenvalue weighted by Crippen LogP contribution is 2.30. The van der Waals surface area contributed by atoms with Crippen molar-refractivity contribution < 1.29 is 29.7 Å². The monoisotopic (exact) mass is 469 g/mol. The standard InChI is InChI=1S/C23H29N3O2.C2H2O4/c1-24-21-9-7-19(17-18(21)8-10-23(24)28)22(27)11-12-25-13-15-26(16-14-25)20-5-3-2-4-6-20;3-1(4)2(5)6/h2-7,9,17,22,27H,8,10-16H2,1H3;(H,3,4)(H,5,6). The molecule has 182 valence electrons. The van der Waals surface area contributed by atoms with Crippen molar-refractivity contribution in [1.82, 2.24) is 4.90 Å². The molecule has 9 heteroatoms. The van der Waals surface area contributed by atoms with Crippen molar-refractivity contribution in [2.24, 2.45) is 0 Å². The third-order valence-electron chi connectivity index (χ3n) is 6.23. The van der Waals surface area contributed by atoms with Gasteiger partial charge >= 0.3 is 11.9 Å². The molecule has 1 saturated heterocycles. The molecule has 34 heavy (non-hydrogen) atoms. The molecule has 4 rings (SSSR count). The van der Waals surface area contributed by atoms with E-state index in [-0.39, 0.29) is 5.91 Å². The van der Waals surface area contributed by atoms with Crippen LogP contribution in [0.15, 0.2) is 48.5 Å². The molecule has 0 bridgehead atoms. The number of hydrogen-bond acceptors (Lipinski definition) is 6. The van der Waals surface area contributed by atoms with Crippen LogP contribution in [0.1, 0.15) is 30.1 Å². The maximum atomic E-state index is 11.8. The number of carbonyl (C=O) groups is 3. The minimum atomic E-state index is -1.82. The fraction of sp³-hybridized carbons (Fsp3) is 0.400. The largest absolute Gasteiger partial charge is 0.473 e. The van der Waals surface area contributed by atoms with Gasteiger partial charge in [-0.05, 0) is 42.2 Å². The van der Waals surface area contributed by atoms with Crippen LogP contribution in [0.25, 0.3) is 0 Å². The first kappa shape index (κ1) is 25.2. The number of para-hydroxylation sites is 1. The molecule has 2 aliphatic rings. The van der Waals surface area contributed by atoms with Crippen LogP contribution in [0.2, 0.25) is 0 Å². The first-order valence-corrected chi connectivity index (χ1v) is 11.3. The Kier molecular flexibility index (Phi) is 8.61. The molecule has 0 aliphatic carbocycles. The molecule has 9 nitrogen and oxygen atoms in total. The van der Waals surface area contributed by atoms with Crippen molar-refractivity contribution in [1.29, 1.82) is 0 Å². The number of hydrogen-bond donors (Lipinski definition) is 3. The Hall–Kier alpha value is -3.43. The summed E-state index contributed by atoms with van der Waals surface area (Å²) in [5.74, 6) is -3.49. The summed E-state index contributed by atoms with van der Waals surface area (Å²) in [7, 11) is 1.82. The van der Waals surface area contributed by atoms with Gasteiger partial charge in [-0.25, -0.2) is 9.59 Å². The van der Waals surface area contributed by atoms with Crippen LogP contribution in [-0.4, -0.2) is 77.8 Å². The zero-order chi connectivity index (χ0) is 24.7. The van der Waals surface area contributed by atoms with Gasteiger partial charge in [0.05, 0.1) is 6.10 Å². The van der Waals surface area contributed by atoms with Crippen molar-refractivity contribution in [2.75, 3.05) is 49.6 Å². The number of piperazine rings is 1. The Balaban J connectivity index is 0.000000481. The fourth-order valence-corrected chi connectivity index (χ4v) is 4.22. The second-order valence-corrected chi connectivity index (χ2v) is 8.42. The number of amides is 1. The number of aryl methyl sites for hydroxylation is 1. The highest BCUT2D eigenvalue weighted by Gasteiger charge is 2.23. The number of aliphatic hydroxyl groups excluding tert-OH is 1. The summed E-state index contributed by atoms with van der Waals surface area (Å²) in [6.07, 6.45) is 1.59. The lowest BCUT2D eigenvalue weighted by atomic mass is 9.96. The molecule has 2 aromatic rings. The molecule has 2 aliphatic heterocycles. The van der Waals surface area contributed by atoms with E-state index in [2.05, 4.69) is 46.2 Å². The van der Waals surface area contributed by atoms with Gasteiger partial charge in [-0.1, -0.05) is 30.3 Å². The summed E-state index contributed by atoms with van der Waals surface area (Å²) < 4.78 is 0. The number of carboxylic acids is 2. The molecule has 0 aromatic heterocycles. The number of carboxylic acid groups (broad SMARTS) is 2. The highest BCUT2D eigenvalue weighted by molar-refractivity contribution is 6.27.